The summed E-state index contributed by atoms with van der Waals surface area (Å²) in [5, 5.41) is 9.01. The first kappa shape index (κ1) is 13.1. The molecule has 0 saturated carbocycles. The summed E-state index contributed by atoms with van der Waals surface area (Å²) in [7, 11) is 0. The lowest BCUT2D eigenvalue weighted by atomic mass is 10.1. The lowest BCUT2D eigenvalue weighted by Gasteiger charge is -2.10. The fraction of sp³-hybridized carbons (Fsp3) is 0.133. The smallest absolute Gasteiger partial charge is 0.339 e. The molecule has 0 saturated heterocycles. The van der Waals surface area contributed by atoms with E-state index in [-0.39, 0.29) is 17.9 Å². The van der Waals surface area contributed by atoms with Crippen LogP contribution >= 0.6 is 0 Å². The molecule has 0 amide bonds. The van der Waals surface area contributed by atoms with Crippen molar-refractivity contribution in [3.63, 3.8) is 0 Å². The van der Waals surface area contributed by atoms with Crippen LogP contribution in [0.1, 0.15) is 21.5 Å². The predicted octanol–water partition coefficient (Wildman–Crippen LogP) is 3.41. The Morgan fingerprint density at radius 2 is 2.00 bits per heavy atom. The van der Waals surface area contributed by atoms with Crippen LogP contribution in [0.2, 0.25) is 0 Å². The number of carboxylic acids is 1. The molecule has 4 heteroatoms. The Kier molecular flexibility index (Phi) is 3.80. The highest BCUT2D eigenvalue weighted by Crippen LogP contribution is 2.21. The molecule has 0 heterocycles. The molecule has 0 aromatic heterocycles. The minimum Gasteiger partial charge on any atom is -0.488 e. The van der Waals surface area contributed by atoms with Crippen LogP contribution in [0, 0.1) is 12.7 Å². The molecule has 19 heavy (non-hydrogen) atoms. The zero-order valence-corrected chi connectivity index (χ0v) is 10.4. The van der Waals surface area contributed by atoms with Gasteiger partial charge >= 0.3 is 5.97 Å². The van der Waals surface area contributed by atoms with Crippen LogP contribution in [0.15, 0.2) is 42.5 Å². The van der Waals surface area contributed by atoms with E-state index in [1.54, 1.807) is 0 Å². The van der Waals surface area contributed by atoms with Crippen molar-refractivity contribution in [2.75, 3.05) is 0 Å². The second kappa shape index (κ2) is 5.52. The summed E-state index contributed by atoms with van der Waals surface area (Å²) >= 11 is 0. The molecule has 2 rings (SSSR count). The van der Waals surface area contributed by atoms with Crippen LogP contribution in [-0.2, 0) is 6.61 Å². The first-order valence-corrected chi connectivity index (χ1v) is 5.78. The summed E-state index contributed by atoms with van der Waals surface area (Å²) in [5.41, 5.74) is 1.92. The molecular weight excluding hydrogens is 247 g/mol. The van der Waals surface area contributed by atoms with Crippen LogP contribution in [0.3, 0.4) is 0 Å². The molecule has 0 aliphatic heterocycles. The molecule has 2 aromatic carbocycles. The lowest BCUT2D eigenvalue weighted by molar-refractivity contribution is 0.0691. The van der Waals surface area contributed by atoms with Crippen molar-refractivity contribution in [3.8, 4) is 5.75 Å². The van der Waals surface area contributed by atoms with Crippen molar-refractivity contribution in [2.24, 2.45) is 0 Å². The third kappa shape index (κ3) is 3.10. The van der Waals surface area contributed by atoms with Gasteiger partial charge in [0.1, 0.15) is 23.7 Å². The first-order valence-electron chi connectivity index (χ1n) is 5.78. The largest absolute Gasteiger partial charge is 0.488 e. The van der Waals surface area contributed by atoms with E-state index in [0.717, 1.165) is 23.3 Å². The van der Waals surface area contributed by atoms with Crippen LogP contribution in [0.4, 0.5) is 4.39 Å². The van der Waals surface area contributed by atoms with Gasteiger partial charge in [-0.1, -0.05) is 24.3 Å². The zero-order valence-electron chi connectivity index (χ0n) is 10.4. The van der Waals surface area contributed by atoms with Gasteiger partial charge in [0.25, 0.3) is 0 Å². The third-order valence-corrected chi connectivity index (χ3v) is 2.82. The predicted molar refractivity (Wildman–Crippen MR) is 68.9 cm³/mol. The van der Waals surface area contributed by atoms with Gasteiger partial charge in [0.15, 0.2) is 0 Å². The molecule has 0 radical (unpaired) electrons. The summed E-state index contributed by atoms with van der Waals surface area (Å²) in [5.74, 6) is -1.62. The Bertz CT molecular complexity index is 608. The molecule has 0 fully saturated rings. The fourth-order valence-electron chi connectivity index (χ4n) is 1.72. The Morgan fingerprint density at radius 1 is 1.26 bits per heavy atom. The van der Waals surface area contributed by atoms with Gasteiger partial charge in [0.05, 0.1) is 0 Å². The van der Waals surface area contributed by atoms with E-state index < -0.39 is 11.8 Å². The van der Waals surface area contributed by atoms with Crippen LogP contribution < -0.4 is 4.74 Å². The van der Waals surface area contributed by atoms with E-state index in [9.17, 15) is 9.18 Å². The Labute approximate surface area is 110 Å². The second-order valence-corrected chi connectivity index (χ2v) is 4.16. The molecule has 0 unspecified atom stereocenters. The number of hydrogen-bond acceptors (Lipinski definition) is 2. The Morgan fingerprint density at radius 3 is 2.68 bits per heavy atom. The number of aryl methyl sites for hydroxylation is 1. The van der Waals surface area contributed by atoms with E-state index in [0.29, 0.717) is 0 Å². The second-order valence-electron chi connectivity index (χ2n) is 4.16. The third-order valence-electron chi connectivity index (χ3n) is 2.82. The molecule has 3 nitrogen and oxygen atoms in total. The molecule has 0 atom stereocenters. The molecule has 98 valence electrons. The summed E-state index contributed by atoms with van der Waals surface area (Å²) in [6.07, 6.45) is 0. The maximum Gasteiger partial charge on any atom is 0.339 e. The van der Waals surface area contributed by atoms with Gasteiger partial charge in [-0.25, -0.2) is 9.18 Å². The number of aromatic carboxylic acids is 1. The molecule has 1 N–H and O–H groups in total. The van der Waals surface area contributed by atoms with E-state index >= 15 is 0 Å². The maximum atomic E-state index is 13.1. The number of hydrogen-bond donors (Lipinski definition) is 1. The van der Waals surface area contributed by atoms with Gasteiger partial charge in [0, 0.05) is 6.07 Å². The highest BCUT2D eigenvalue weighted by atomic mass is 19.1. The average molecular weight is 260 g/mol. The van der Waals surface area contributed by atoms with Crippen molar-refractivity contribution in [1.82, 2.24) is 0 Å². The fourth-order valence-corrected chi connectivity index (χ4v) is 1.72. The normalized spacial score (nSPS) is 10.2. The number of ether oxygens (including phenoxy) is 1. The van der Waals surface area contributed by atoms with Gasteiger partial charge < -0.3 is 9.84 Å². The van der Waals surface area contributed by atoms with Gasteiger partial charge in [-0.05, 0) is 30.2 Å². The number of carboxylic acid groups (broad SMARTS) is 1. The SMILES string of the molecule is Cc1ccccc1COc1cc(F)ccc1C(=O)O. The van der Waals surface area contributed by atoms with Crippen molar-refractivity contribution in [1.29, 1.82) is 0 Å². The minimum atomic E-state index is -1.14. The van der Waals surface area contributed by atoms with E-state index in [2.05, 4.69) is 0 Å². The molecule has 0 aliphatic rings. The standard InChI is InChI=1S/C15H13FO3/c1-10-4-2-3-5-11(10)9-19-14-8-12(16)6-7-13(14)15(17)18/h2-8H,9H2,1H3,(H,17,18). The average Bonchev–Trinajstić information content (AvgIpc) is 2.37. The minimum absolute atomic E-state index is 0.0377. The van der Waals surface area contributed by atoms with Gasteiger partial charge in [-0.3, -0.25) is 0 Å². The number of halogens is 1. The maximum absolute atomic E-state index is 13.1. The lowest BCUT2D eigenvalue weighted by Crippen LogP contribution is -2.04. The summed E-state index contributed by atoms with van der Waals surface area (Å²) < 4.78 is 18.6. The summed E-state index contributed by atoms with van der Waals surface area (Å²) in [6.45, 7) is 2.14. The molecule has 0 spiro atoms. The summed E-state index contributed by atoms with van der Waals surface area (Å²) in [6, 6.07) is 11.0. The van der Waals surface area contributed by atoms with Gasteiger partial charge in [-0.15, -0.1) is 0 Å². The van der Waals surface area contributed by atoms with Crippen molar-refractivity contribution in [3.05, 3.63) is 65.0 Å². The van der Waals surface area contributed by atoms with E-state index in [1.807, 2.05) is 31.2 Å². The van der Waals surface area contributed by atoms with Gasteiger partial charge in [-0.2, -0.15) is 0 Å². The topological polar surface area (TPSA) is 46.5 Å². The quantitative estimate of drug-likeness (QED) is 0.916. The number of benzene rings is 2. The molecule has 2 aromatic rings. The van der Waals surface area contributed by atoms with Crippen LogP contribution in [0.5, 0.6) is 5.75 Å². The summed E-state index contributed by atoms with van der Waals surface area (Å²) in [4.78, 5) is 11.0. The Hall–Kier alpha value is -2.36. The molecular formula is C15H13FO3. The Balaban J connectivity index is 2.22. The van der Waals surface area contributed by atoms with Crippen molar-refractivity contribution >= 4 is 5.97 Å². The molecule has 0 aliphatic carbocycles. The van der Waals surface area contributed by atoms with E-state index in [4.69, 9.17) is 9.84 Å². The van der Waals surface area contributed by atoms with Crippen molar-refractivity contribution < 1.29 is 19.0 Å². The highest BCUT2D eigenvalue weighted by molar-refractivity contribution is 5.90. The zero-order chi connectivity index (χ0) is 13.8. The van der Waals surface area contributed by atoms with Gasteiger partial charge in [0.2, 0.25) is 0 Å². The highest BCUT2D eigenvalue weighted by Gasteiger charge is 2.12. The number of carbonyl (C=O) groups is 1. The number of rotatable bonds is 4. The van der Waals surface area contributed by atoms with Crippen LogP contribution in [-0.4, -0.2) is 11.1 Å². The van der Waals surface area contributed by atoms with Crippen LogP contribution in [0.25, 0.3) is 0 Å². The monoisotopic (exact) mass is 260 g/mol. The molecule has 0 bridgehead atoms. The van der Waals surface area contributed by atoms with E-state index in [1.165, 1.54) is 6.07 Å². The van der Waals surface area contributed by atoms with Crippen molar-refractivity contribution in [2.45, 2.75) is 13.5 Å². The first-order chi connectivity index (χ1) is 9.08.